The number of esters is 1. The van der Waals surface area contributed by atoms with Crippen LogP contribution in [0.4, 0.5) is 5.00 Å². The first kappa shape index (κ1) is 30.5. The van der Waals surface area contributed by atoms with Crippen LogP contribution in [-0.4, -0.2) is 55.0 Å². The predicted octanol–water partition coefficient (Wildman–Crippen LogP) is 5.93. The van der Waals surface area contributed by atoms with E-state index in [0.29, 0.717) is 40.7 Å². The molecule has 0 aliphatic heterocycles. The molecule has 2 amide bonds. The van der Waals surface area contributed by atoms with Crippen molar-refractivity contribution in [1.29, 1.82) is 0 Å². The minimum absolute atomic E-state index is 0.172. The Labute approximate surface area is 258 Å². The van der Waals surface area contributed by atoms with Crippen molar-refractivity contribution in [2.24, 2.45) is 0 Å². The molecule has 0 saturated carbocycles. The number of aryl methyl sites for hydroxylation is 1. The lowest BCUT2D eigenvalue weighted by molar-refractivity contribution is -0.115. The summed E-state index contributed by atoms with van der Waals surface area (Å²) in [5, 5.41) is 7.18. The van der Waals surface area contributed by atoms with E-state index < -0.39 is 5.25 Å². The summed E-state index contributed by atoms with van der Waals surface area (Å²) in [6.07, 6.45) is 4.78. The van der Waals surface area contributed by atoms with Crippen LogP contribution in [0.3, 0.4) is 0 Å². The van der Waals surface area contributed by atoms with Crippen molar-refractivity contribution < 1.29 is 28.6 Å². The van der Waals surface area contributed by atoms with Crippen molar-refractivity contribution in [2.45, 2.75) is 49.8 Å². The van der Waals surface area contributed by atoms with Crippen LogP contribution in [0.2, 0.25) is 0 Å². The molecule has 0 fully saturated rings. The number of fused-ring (bicyclic) bond motifs is 2. The standard InChI is InChI=1S/C32H35N3O6S2/c1-5-41-32(38)28-22-10-8-12-26(22)43-31(28)34-29(36)19(2)42-27-18-35(23-11-7-6-9-21(23)27)16-15-33-30(37)20-13-14-24(39-3)25(17-20)40-4/h6-7,9,11,13-14,17-19H,5,8,10,12,15-16H2,1-4H3,(H,33,37)(H,34,36)/t19-/m0/s1. The van der Waals surface area contributed by atoms with E-state index in [4.69, 9.17) is 14.2 Å². The zero-order valence-corrected chi connectivity index (χ0v) is 26.3. The highest BCUT2D eigenvalue weighted by atomic mass is 32.2. The Morgan fingerprint density at radius 3 is 2.63 bits per heavy atom. The van der Waals surface area contributed by atoms with E-state index in [1.807, 2.05) is 37.4 Å². The molecule has 9 nitrogen and oxygen atoms in total. The van der Waals surface area contributed by atoms with E-state index in [1.165, 1.54) is 30.2 Å². The van der Waals surface area contributed by atoms with Gasteiger partial charge in [0.2, 0.25) is 5.91 Å². The largest absolute Gasteiger partial charge is 0.493 e. The van der Waals surface area contributed by atoms with Gasteiger partial charge in [-0.25, -0.2) is 4.79 Å². The molecule has 2 aromatic carbocycles. The number of aromatic nitrogens is 1. The number of nitrogens with one attached hydrogen (secondary N) is 2. The highest BCUT2D eigenvalue weighted by Gasteiger charge is 2.29. The summed E-state index contributed by atoms with van der Waals surface area (Å²) in [7, 11) is 3.08. The smallest absolute Gasteiger partial charge is 0.341 e. The quantitative estimate of drug-likeness (QED) is 0.149. The fourth-order valence-electron chi connectivity index (χ4n) is 5.23. The number of para-hydroxylation sites is 1. The van der Waals surface area contributed by atoms with E-state index in [-0.39, 0.29) is 24.4 Å². The molecule has 11 heteroatoms. The van der Waals surface area contributed by atoms with Gasteiger partial charge < -0.3 is 29.4 Å². The molecular weight excluding hydrogens is 587 g/mol. The van der Waals surface area contributed by atoms with Crippen molar-refractivity contribution in [2.75, 3.05) is 32.7 Å². The van der Waals surface area contributed by atoms with Crippen molar-refractivity contribution >= 4 is 56.8 Å². The number of anilines is 1. The van der Waals surface area contributed by atoms with Gasteiger partial charge in [0.1, 0.15) is 5.00 Å². The van der Waals surface area contributed by atoms with Crippen molar-refractivity contribution in [1.82, 2.24) is 9.88 Å². The summed E-state index contributed by atoms with van der Waals surface area (Å²) >= 11 is 2.94. The summed E-state index contributed by atoms with van der Waals surface area (Å²) in [5.41, 5.74) is 3.02. The zero-order valence-electron chi connectivity index (χ0n) is 24.7. The number of thiophene rings is 1. The molecule has 5 rings (SSSR count). The third kappa shape index (κ3) is 6.52. The van der Waals surface area contributed by atoms with Crippen LogP contribution in [0, 0.1) is 0 Å². The molecule has 0 radical (unpaired) electrons. The number of hydrogen-bond acceptors (Lipinski definition) is 8. The van der Waals surface area contributed by atoms with Crippen molar-refractivity contribution in [3.05, 3.63) is 70.2 Å². The molecule has 2 aromatic heterocycles. The van der Waals surface area contributed by atoms with E-state index in [1.54, 1.807) is 32.2 Å². The lowest BCUT2D eigenvalue weighted by Gasteiger charge is -2.12. The SMILES string of the molecule is CCOC(=O)c1c(NC(=O)[C@H](C)Sc2cn(CCNC(=O)c3ccc(OC)c(OC)c3)c3ccccc23)sc2c1CCC2. The average Bonchev–Trinajstić information content (AvgIpc) is 3.70. The van der Waals surface area contributed by atoms with Gasteiger partial charge in [-0.2, -0.15) is 0 Å². The molecule has 0 spiro atoms. The van der Waals surface area contributed by atoms with E-state index in [2.05, 4.69) is 15.2 Å². The first-order chi connectivity index (χ1) is 20.8. The maximum Gasteiger partial charge on any atom is 0.341 e. The maximum atomic E-state index is 13.3. The average molecular weight is 622 g/mol. The fraction of sp³-hybridized carbons (Fsp3) is 0.344. The molecule has 2 heterocycles. The Balaban J connectivity index is 1.26. The third-order valence-electron chi connectivity index (χ3n) is 7.35. The van der Waals surface area contributed by atoms with Gasteiger partial charge in [0.25, 0.3) is 5.91 Å². The van der Waals surface area contributed by atoms with Crippen LogP contribution in [0.1, 0.15) is 51.4 Å². The molecule has 4 aromatic rings. The van der Waals surface area contributed by atoms with Crippen LogP contribution in [0.15, 0.2) is 53.6 Å². The highest BCUT2D eigenvalue weighted by Crippen LogP contribution is 2.40. The number of rotatable bonds is 12. The van der Waals surface area contributed by atoms with E-state index >= 15 is 0 Å². The number of nitrogens with zero attached hydrogens (tertiary/aromatic N) is 1. The van der Waals surface area contributed by atoms with E-state index in [0.717, 1.165) is 45.5 Å². The van der Waals surface area contributed by atoms with Gasteiger partial charge in [-0.3, -0.25) is 9.59 Å². The molecule has 1 aliphatic carbocycles. The molecule has 0 saturated heterocycles. The molecule has 1 atom stereocenters. The second-order valence-corrected chi connectivity index (χ2v) is 12.5. The molecule has 1 aliphatic rings. The Bertz CT molecular complexity index is 1660. The number of thioether (sulfide) groups is 1. The lowest BCUT2D eigenvalue weighted by Crippen LogP contribution is -2.27. The van der Waals surface area contributed by atoms with E-state index in [9.17, 15) is 14.4 Å². The summed E-state index contributed by atoms with van der Waals surface area (Å²) in [4.78, 5) is 41.0. The molecule has 0 unspecified atom stereocenters. The van der Waals surface area contributed by atoms with Crippen LogP contribution < -0.4 is 20.1 Å². The normalized spacial score (nSPS) is 12.9. The first-order valence-electron chi connectivity index (χ1n) is 14.2. The molecule has 226 valence electrons. The molecular formula is C32H35N3O6S2. The number of carbonyl (C=O) groups excluding carboxylic acids is 3. The van der Waals surface area contributed by atoms with Gasteiger partial charge in [-0.05, 0) is 62.9 Å². The van der Waals surface area contributed by atoms with Crippen molar-refractivity contribution in [3.63, 3.8) is 0 Å². The van der Waals surface area contributed by atoms with Crippen LogP contribution >= 0.6 is 23.1 Å². The molecule has 0 bridgehead atoms. The summed E-state index contributed by atoms with van der Waals surface area (Å²) in [6, 6.07) is 13.1. The molecule has 43 heavy (non-hydrogen) atoms. The van der Waals surface area contributed by atoms with Gasteiger partial charge >= 0.3 is 5.97 Å². The Hall–Kier alpha value is -3.96. The second kappa shape index (κ2) is 13.6. The Kier molecular flexibility index (Phi) is 9.62. The van der Waals surface area contributed by atoms with Gasteiger partial charge in [-0.15, -0.1) is 23.1 Å². The van der Waals surface area contributed by atoms with Crippen LogP contribution in [0.25, 0.3) is 10.9 Å². The second-order valence-electron chi connectivity index (χ2n) is 10.1. The topological polar surface area (TPSA) is 108 Å². The van der Waals surface area contributed by atoms with Gasteiger partial charge in [0, 0.05) is 45.5 Å². The summed E-state index contributed by atoms with van der Waals surface area (Å²) in [6.45, 7) is 4.88. The number of hydrogen-bond donors (Lipinski definition) is 2. The lowest BCUT2D eigenvalue weighted by atomic mass is 10.1. The third-order valence-corrected chi connectivity index (χ3v) is 9.70. The fourth-order valence-corrected chi connectivity index (χ4v) is 7.55. The van der Waals surface area contributed by atoms with Gasteiger partial charge in [-0.1, -0.05) is 18.2 Å². The highest BCUT2D eigenvalue weighted by molar-refractivity contribution is 8.00. The summed E-state index contributed by atoms with van der Waals surface area (Å²) in [5.74, 6) is 0.295. The minimum Gasteiger partial charge on any atom is -0.493 e. The van der Waals surface area contributed by atoms with Crippen LogP contribution in [0.5, 0.6) is 11.5 Å². The number of benzene rings is 2. The maximum absolute atomic E-state index is 13.3. The number of methoxy groups -OCH3 is 2. The Morgan fingerprint density at radius 1 is 1.07 bits per heavy atom. The van der Waals surface area contributed by atoms with Crippen LogP contribution in [-0.2, 0) is 28.9 Å². The predicted molar refractivity (Wildman–Crippen MR) is 170 cm³/mol. The van der Waals surface area contributed by atoms with Gasteiger partial charge in [0.05, 0.1) is 31.6 Å². The van der Waals surface area contributed by atoms with Gasteiger partial charge in [0.15, 0.2) is 11.5 Å². The number of carbonyl (C=O) groups is 3. The monoisotopic (exact) mass is 621 g/mol. The first-order valence-corrected chi connectivity index (χ1v) is 15.9. The molecule has 2 N–H and O–H groups in total. The zero-order chi connectivity index (χ0) is 30.5. The number of amides is 2. The summed E-state index contributed by atoms with van der Waals surface area (Å²) < 4.78 is 18.0. The number of ether oxygens (including phenoxy) is 3. The Morgan fingerprint density at radius 2 is 1.86 bits per heavy atom. The minimum atomic E-state index is -0.420. The van der Waals surface area contributed by atoms with Crippen molar-refractivity contribution in [3.8, 4) is 11.5 Å².